The highest BCUT2D eigenvalue weighted by molar-refractivity contribution is 5.34. The molecule has 162 valence electrons. The number of aromatic hydroxyl groups is 1. The monoisotopic (exact) mass is 398 g/mol. The Hall–Kier alpha value is -1.28. The Morgan fingerprint density at radius 2 is 1.93 bits per heavy atom. The first kappa shape index (κ1) is 22.4. The van der Waals surface area contributed by atoms with Crippen LogP contribution in [0.5, 0.6) is 5.75 Å². The Bertz CT molecular complexity index is 706. The number of phenols is 1. The molecule has 1 aromatic rings. The van der Waals surface area contributed by atoms with E-state index in [0.717, 1.165) is 37.5 Å². The number of hydrogen-bond donors (Lipinski definition) is 2. The summed E-state index contributed by atoms with van der Waals surface area (Å²) in [6.45, 7) is 11.6. The molecule has 0 bridgehead atoms. The van der Waals surface area contributed by atoms with Gasteiger partial charge in [-0.05, 0) is 110 Å². The van der Waals surface area contributed by atoms with Crippen molar-refractivity contribution < 1.29 is 10.2 Å². The van der Waals surface area contributed by atoms with Crippen LogP contribution in [0.3, 0.4) is 0 Å². The number of benzene rings is 1. The summed E-state index contributed by atoms with van der Waals surface area (Å²) >= 11 is 0. The van der Waals surface area contributed by atoms with Crippen molar-refractivity contribution >= 4 is 0 Å². The first-order valence-electron chi connectivity index (χ1n) is 11.9. The lowest BCUT2D eigenvalue weighted by atomic mass is 9.58. The fourth-order valence-electron chi connectivity index (χ4n) is 6.51. The normalized spacial score (nSPS) is 33.3. The first-order valence-corrected chi connectivity index (χ1v) is 11.9. The molecule has 2 aliphatic rings. The summed E-state index contributed by atoms with van der Waals surface area (Å²) in [4.78, 5) is 0. The number of allylic oxidation sites excluding steroid dienone is 2. The number of rotatable bonds is 7. The van der Waals surface area contributed by atoms with Crippen molar-refractivity contribution in [3.05, 3.63) is 41.5 Å². The molecule has 0 spiro atoms. The molecule has 1 aromatic carbocycles. The van der Waals surface area contributed by atoms with Crippen molar-refractivity contribution in [2.45, 2.75) is 85.7 Å². The molecule has 2 nitrogen and oxygen atoms in total. The minimum atomic E-state index is -0.170. The van der Waals surface area contributed by atoms with Crippen molar-refractivity contribution in [2.24, 2.45) is 35.0 Å². The molecule has 0 aliphatic heterocycles. The average Bonchev–Trinajstić information content (AvgIpc) is 3.01. The predicted octanol–water partition coefficient (Wildman–Crippen LogP) is 6.68. The largest absolute Gasteiger partial charge is 0.508 e. The second kappa shape index (κ2) is 9.25. The van der Waals surface area contributed by atoms with E-state index in [2.05, 4.69) is 46.8 Å². The summed E-state index contributed by atoms with van der Waals surface area (Å²) < 4.78 is 0. The Morgan fingerprint density at radius 1 is 1.17 bits per heavy atom. The van der Waals surface area contributed by atoms with Gasteiger partial charge in [0, 0.05) is 0 Å². The minimum Gasteiger partial charge on any atom is -0.508 e. The third-order valence-corrected chi connectivity index (χ3v) is 8.23. The summed E-state index contributed by atoms with van der Waals surface area (Å²) in [6, 6.07) is 5.67. The van der Waals surface area contributed by atoms with Crippen LogP contribution in [0.4, 0.5) is 0 Å². The number of aliphatic hydroxyl groups excluding tert-OH is 1. The van der Waals surface area contributed by atoms with Crippen LogP contribution in [0.15, 0.2) is 30.4 Å². The van der Waals surface area contributed by atoms with Gasteiger partial charge < -0.3 is 10.2 Å². The molecule has 2 fully saturated rings. The molecule has 0 amide bonds. The predicted molar refractivity (Wildman–Crippen MR) is 122 cm³/mol. The second-order valence-corrected chi connectivity index (χ2v) is 10.6. The molecule has 0 unspecified atom stereocenters. The zero-order chi connectivity index (χ0) is 21.2. The van der Waals surface area contributed by atoms with Crippen molar-refractivity contribution in [3.8, 4) is 5.75 Å². The van der Waals surface area contributed by atoms with E-state index < -0.39 is 0 Å². The lowest BCUT2D eigenvalue weighted by Gasteiger charge is -2.48. The fraction of sp³-hybridized carbons (Fsp3) is 0.704. The van der Waals surface area contributed by atoms with Crippen molar-refractivity contribution in [1.29, 1.82) is 0 Å². The maximum Gasteiger partial charge on any atom is 0.115 e. The van der Waals surface area contributed by atoms with E-state index in [1.54, 1.807) is 6.07 Å². The van der Waals surface area contributed by atoms with Gasteiger partial charge in [0.15, 0.2) is 0 Å². The van der Waals surface area contributed by atoms with Crippen LogP contribution in [-0.4, -0.2) is 16.3 Å². The molecule has 2 N–H and O–H groups in total. The van der Waals surface area contributed by atoms with Crippen LogP contribution >= 0.6 is 0 Å². The molecule has 0 heterocycles. The van der Waals surface area contributed by atoms with Gasteiger partial charge in [0.25, 0.3) is 0 Å². The van der Waals surface area contributed by atoms with Gasteiger partial charge in [-0.3, -0.25) is 0 Å². The zero-order valence-corrected chi connectivity index (χ0v) is 19.2. The maximum atomic E-state index is 10.9. The van der Waals surface area contributed by atoms with E-state index >= 15 is 0 Å². The number of aryl methyl sites for hydroxylation is 2. The van der Waals surface area contributed by atoms with Gasteiger partial charge in [0.2, 0.25) is 0 Å². The van der Waals surface area contributed by atoms with E-state index in [0.29, 0.717) is 28.9 Å². The summed E-state index contributed by atoms with van der Waals surface area (Å²) in [5.74, 6) is 3.42. The Labute approximate surface area is 178 Å². The number of fused-ring (bicyclic) bond motifs is 1. The van der Waals surface area contributed by atoms with Gasteiger partial charge in [0.1, 0.15) is 5.75 Å². The number of hydrogen-bond acceptors (Lipinski definition) is 2. The molecule has 2 aliphatic carbocycles. The quantitative estimate of drug-likeness (QED) is 0.503. The molecular formula is C27H42O2. The molecule has 2 saturated carbocycles. The van der Waals surface area contributed by atoms with Gasteiger partial charge >= 0.3 is 0 Å². The van der Waals surface area contributed by atoms with Crippen LogP contribution in [0, 0.1) is 41.9 Å². The van der Waals surface area contributed by atoms with Crippen LogP contribution in [0.1, 0.15) is 77.3 Å². The average molecular weight is 399 g/mol. The van der Waals surface area contributed by atoms with Gasteiger partial charge in [-0.2, -0.15) is 0 Å². The van der Waals surface area contributed by atoms with Gasteiger partial charge in [-0.1, -0.05) is 45.9 Å². The summed E-state index contributed by atoms with van der Waals surface area (Å²) in [6.07, 6.45) is 12.5. The Morgan fingerprint density at radius 3 is 2.66 bits per heavy atom. The van der Waals surface area contributed by atoms with Crippen LogP contribution in [-0.2, 0) is 6.42 Å². The van der Waals surface area contributed by atoms with Gasteiger partial charge in [-0.25, -0.2) is 0 Å². The van der Waals surface area contributed by atoms with Crippen LogP contribution < -0.4 is 0 Å². The second-order valence-electron chi connectivity index (χ2n) is 10.6. The standard InChI is InChI=1S/C27H42O2/c1-18(2)7-6-8-20(4)24-13-14-25-23(26(29)15-16-27(24,25)5)12-10-21-17-22(28)11-9-19(21)3/h6,8-9,11,17-18,20,23-26,28-29H,7,10,12-16H2,1-5H3/b8-6+/t20-,23+,24-,25+,26-,27-/m1/s1. The smallest absolute Gasteiger partial charge is 0.115 e. The molecule has 2 heteroatoms. The molecular weight excluding hydrogens is 356 g/mol. The van der Waals surface area contributed by atoms with Gasteiger partial charge in [-0.15, -0.1) is 0 Å². The molecule has 29 heavy (non-hydrogen) atoms. The van der Waals surface area contributed by atoms with Crippen molar-refractivity contribution in [2.75, 3.05) is 0 Å². The lowest BCUT2D eigenvalue weighted by molar-refractivity contribution is -0.0493. The molecule has 3 rings (SSSR count). The van der Waals surface area contributed by atoms with E-state index in [-0.39, 0.29) is 6.10 Å². The number of phenolic OH excluding ortho intramolecular Hbond substituents is 1. The summed E-state index contributed by atoms with van der Waals surface area (Å²) in [5, 5.41) is 20.8. The van der Waals surface area contributed by atoms with Crippen molar-refractivity contribution in [3.63, 3.8) is 0 Å². The van der Waals surface area contributed by atoms with E-state index in [9.17, 15) is 10.2 Å². The zero-order valence-electron chi connectivity index (χ0n) is 19.2. The van der Waals surface area contributed by atoms with Gasteiger partial charge in [0.05, 0.1) is 6.10 Å². The van der Waals surface area contributed by atoms with E-state index in [4.69, 9.17) is 0 Å². The van der Waals surface area contributed by atoms with E-state index in [1.807, 2.05) is 12.1 Å². The van der Waals surface area contributed by atoms with Crippen LogP contribution in [0.2, 0.25) is 0 Å². The van der Waals surface area contributed by atoms with E-state index in [1.165, 1.54) is 30.4 Å². The highest BCUT2D eigenvalue weighted by Crippen LogP contribution is 2.60. The van der Waals surface area contributed by atoms with Crippen molar-refractivity contribution in [1.82, 2.24) is 0 Å². The molecule has 0 saturated heterocycles. The molecule has 6 atom stereocenters. The summed E-state index contributed by atoms with van der Waals surface area (Å²) in [7, 11) is 0. The maximum absolute atomic E-state index is 10.9. The lowest BCUT2D eigenvalue weighted by Crippen LogP contribution is -2.45. The SMILES string of the molecule is Cc1ccc(O)cc1CC[C@@H]1[C@H](O)CC[C@]2(C)[C@@H]([C@H](C)/C=C/CC(C)C)CC[C@@H]12. The highest BCUT2D eigenvalue weighted by atomic mass is 16.3. The summed E-state index contributed by atoms with van der Waals surface area (Å²) in [5.41, 5.74) is 2.81. The topological polar surface area (TPSA) is 40.5 Å². The fourth-order valence-corrected chi connectivity index (χ4v) is 6.51. The molecule has 0 radical (unpaired) electrons. The molecule has 0 aromatic heterocycles. The number of aliphatic hydroxyl groups is 1. The Balaban J connectivity index is 1.71. The minimum absolute atomic E-state index is 0.170. The Kier molecular flexibility index (Phi) is 7.14. The first-order chi connectivity index (χ1) is 13.7. The third-order valence-electron chi connectivity index (χ3n) is 8.23. The highest BCUT2D eigenvalue weighted by Gasteiger charge is 2.54. The third kappa shape index (κ3) is 4.90. The van der Waals surface area contributed by atoms with Crippen LogP contribution in [0.25, 0.3) is 0 Å².